The Bertz CT molecular complexity index is 73.5. The molecule has 0 fully saturated rings. The standard InChI is InChI=1S/C7H18N2O.H2/c1-3-9(5-4-8)6-7-10-2;/h3-8H2,1-2H3;1H. The molecule has 0 atom stereocenters. The second-order valence-electron chi connectivity index (χ2n) is 2.22. The van der Waals surface area contributed by atoms with Crippen LogP contribution in [0.1, 0.15) is 8.35 Å². The van der Waals surface area contributed by atoms with Gasteiger partial charge in [-0.25, -0.2) is 0 Å². The monoisotopic (exact) mass is 148 g/mol. The van der Waals surface area contributed by atoms with Gasteiger partial charge in [-0.3, -0.25) is 0 Å². The average Bonchev–Trinajstić information content (AvgIpc) is 1.98. The van der Waals surface area contributed by atoms with Gasteiger partial charge in [0.25, 0.3) is 0 Å². The van der Waals surface area contributed by atoms with Crippen LogP contribution < -0.4 is 5.73 Å². The molecule has 0 saturated carbocycles. The Kier molecular flexibility index (Phi) is 6.91. The van der Waals surface area contributed by atoms with Gasteiger partial charge in [0.2, 0.25) is 0 Å². The van der Waals surface area contributed by atoms with Crippen molar-refractivity contribution in [3.8, 4) is 0 Å². The van der Waals surface area contributed by atoms with E-state index in [0.29, 0.717) is 0 Å². The van der Waals surface area contributed by atoms with Gasteiger partial charge >= 0.3 is 0 Å². The van der Waals surface area contributed by atoms with E-state index in [-0.39, 0.29) is 1.43 Å². The first-order valence-electron chi connectivity index (χ1n) is 3.76. The molecular formula is C7H20N2O. The van der Waals surface area contributed by atoms with E-state index < -0.39 is 0 Å². The Morgan fingerprint density at radius 2 is 2.20 bits per heavy atom. The molecule has 0 aliphatic rings. The van der Waals surface area contributed by atoms with Crippen LogP contribution in [-0.4, -0.2) is 44.8 Å². The van der Waals surface area contributed by atoms with Crippen LogP contribution >= 0.6 is 0 Å². The summed E-state index contributed by atoms with van der Waals surface area (Å²) in [7, 11) is 1.72. The number of rotatable bonds is 6. The van der Waals surface area contributed by atoms with Crippen LogP contribution in [0, 0.1) is 0 Å². The Balaban J connectivity index is 0. The molecule has 10 heavy (non-hydrogen) atoms. The van der Waals surface area contributed by atoms with Crippen LogP contribution in [0.2, 0.25) is 0 Å². The van der Waals surface area contributed by atoms with Crippen molar-refractivity contribution < 1.29 is 6.16 Å². The van der Waals surface area contributed by atoms with Crippen molar-refractivity contribution in [3.05, 3.63) is 0 Å². The van der Waals surface area contributed by atoms with E-state index in [1.54, 1.807) is 7.11 Å². The fourth-order valence-electron chi connectivity index (χ4n) is 0.831. The summed E-state index contributed by atoms with van der Waals surface area (Å²) >= 11 is 0. The Morgan fingerprint density at radius 1 is 1.50 bits per heavy atom. The van der Waals surface area contributed by atoms with E-state index in [1.165, 1.54) is 0 Å². The van der Waals surface area contributed by atoms with Gasteiger partial charge < -0.3 is 15.4 Å². The van der Waals surface area contributed by atoms with Gasteiger partial charge in [0, 0.05) is 28.2 Å². The first kappa shape index (κ1) is 9.88. The van der Waals surface area contributed by atoms with Crippen LogP contribution in [-0.2, 0) is 4.74 Å². The van der Waals surface area contributed by atoms with Gasteiger partial charge in [-0.1, -0.05) is 6.92 Å². The second kappa shape index (κ2) is 6.99. The zero-order chi connectivity index (χ0) is 7.82. The van der Waals surface area contributed by atoms with E-state index >= 15 is 0 Å². The number of likely N-dealkylation sites (N-methyl/N-ethyl adjacent to an activating group) is 1. The lowest BCUT2D eigenvalue weighted by molar-refractivity contribution is 0.152. The zero-order valence-corrected chi connectivity index (χ0v) is 6.97. The molecule has 0 unspecified atom stereocenters. The molecule has 0 aliphatic heterocycles. The van der Waals surface area contributed by atoms with Crippen molar-refractivity contribution in [2.45, 2.75) is 6.92 Å². The molecular weight excluding hydrogens is 128 g/mol. The summed E-state index contributed by atoms with van der Waals surface area (Å²) in [5.74, 6) is 0. The molecule has 3 heteroatoms. The third-order valence-corrected chi connectivity index (χ3v) is 1.50. The predicted molar refractivity (Wildman–Crippen MR) is 45.2 cm³/mol. The molecule has 0 aliphatic carbocycles. The molecule has 0 aromatic carbocycles. The van der Waals surface area contributed by atoms with E-state index in [9.17, 15) is 0 Å². The largest absolute Gasteiger partial charge is 0.383 e. The lowest BCUT2D eigenvalue weighted by Gasteiger charge is -2.18. The minimum atomic E-state index is 0. The van der Waals surface area contributed by atoms with Crippen LogP contribution in [0.3, 0.4) is 0 Å². The zero-order valence-electron chi connectivity index (χ0n) is 6.97. The Hall–Kier alpha value is -0.120. The van der Waals surface area contributed by atoms with Crippen molar-refractivity contribution in [2.24, 2.45) is 5.73 Å². The van der Waals surface area contributed by atoms with E-state index in [0.717, 1.165) is 32.8 Å². The summed E-state index contributed by atoms with van der Waals surface area (Å²) in [5, 5.41) is 0. The third kappa shape index (κ3) is 4.73. The van der Waals surface area contributed by atoms with Crippen LogP contribution in [0.5, 0.6) is 0 Å². The molecule has 0 aromatic rings. The molecule has 0 saturated heterocycles. The highest BCUT2D eigenvalue weighted by Crippen LogP contribution is 1.84. The summed E-state index contributed by atoms with van der Waals surface area (Å²) in [6.07, 6.45) is 0. The highest BCUT2D eigenvalue weighted by atomic mass is 16.5. The lowest BCUT2D eigenvalue weighted by atomic mass is 10.4. The van der Waals surface area contributed by atoms with Crippen molar-refractivity contribution in [1.82, 2.24) is 4.90 Å². The van der Waals surface area contributed by atoms with Gasteiger partial charge in [-0.05, 0) is 6.54 Å². The predicted octanol–water partition coefficient (Wildman–Crippen LogP) is 0.159. The number of ether oxygens (including phenoxy) is 1. The van der Waals surface area contributed by atoms with Gasteiger partial charge in [0.05, 0.1) is 6.61 Å². The van der Waals surface area contributed by atoms with Crippen molar-refractivity contribution in [3.63, 3.8) is 0 Å². The molecule has 0 amide bonds. The average molecular weight is 148 g/mol. The number of methoxy groups -OCH3 is 1. The summed E-state index contributed by atoms with van der Waals surface area (Å²) in [5.41, 5.74) is 5.39. The van der Waals surface area contributed by atoms with Gasteiger partial charge in [0.15, 0.2) is 0 Å². The number of hydrogen-bond donors (Lipinski definition) is 1. The molecule has 0 heterocycles. The number of nitrogens with zero attached hydrogens (tertiary/aromatic N) is 1. The van der Waals surface area contributed by atoms with Gasteiger partial charge in [-0.15, -0.1) is 0 Å². The molecule has 0 rings (SSSR count). The Morgan fingerprint density at radius 3 is 2.60 bits per heavy atom. The summed E-state index contributed by atoms with van der Waals surface area (Å²) in [4.78, 5) is 2.27. The lowest BCUT2D eigenvalue weighted by Crippen LogP contribution is -2.32. The summed E-state index contributed by atoms with van der Waals surface area (Å²) in [6.45, 7) is 6.68. The normalized spacial score (nSPS) is 10.8. The Labute approximate surface area is 64.6 Å². The van der Waals surface area contributed by atoms with Crippen molar-refractivity contribution in [1.29, 1.82) is 0 Å². The number of hydrogen-bond acceptors (Lipinski definition) is 3. The van der Waals surface area contributed by atoms with E-state index in [2.05, 4.69) is 11.8 Å². The van der Waals surface area contributed by atoms with Crippen molar-refractivity contribution >= 4 is 0 Å². The first-order chi connectivity index (χ1) is 4.85. The van der Waals surface area contributed by atoms with Crippen molar-refractivity contribution in [2.75, 3.05) is 39.9 Å². The highest BCUT2D eigenvalue weighted by molar-refractivity contribution is 4.53. The molecule has 0 aromatic heterocycles. The molecule has 0 bridgehead atoms. The van der Waals surface area contributed by atoms with Crippen LogP contribution in [0.15, 0.2) is 0 Å². The molecule has 0 radical (unpaired) electrons. The first-order valence-corrected chi connectivity index (χ1v) is 3.76. The van der Waals surface area contributed by atoms with Gasteiger partial charge in [0.1, 0.15) is 0 Å². The summed E-state index contributed by atoms with van der Waals surface area (Å²) < 4.78 is 4.94. The maximum absolute atomic E-state index is 5.39. The molecule has 0 spiro atoms. The minimum absolute atomic E-state index is 0. The minimum Gasteiger partial charge on any atom is -0.383 e. The maximum Gasteiger partial charge on any atom is 0.0589 e. The van der Waals surface area contributed by atoms with E-state index in [1.807, 2.05) is 0 Å². The van der Waals surface area contributed by atoms with E-state index in [4.69, 9.17) is 10.5 Å². The SMILES string of the molecule is CCN(CCN)CCOC.[HH]. The molecule has 3 nitrogen and oxygen atoms in total. The quantitative estimate of drug-likeness (QED) is 0.583. The molecule has 2 N–H and O–H groups in total. The fourth-order valence-corrected chi connectivity index (χ4v) is 0.831. The summed E-state index contributed by atoms with van der Waals surface area (Å²) in [6, 6.07) is 0. The molecule has 64 valence electrons. The third-order valence-electron chi connectivity index (χ3n) is 1.50. The number of nitrogens with two attached hydrogens (primary N) is 1. The highest BCUT2D eigenvalue weighted by Gasteiger charge is 1.97. The fraction of sp³-hybridized carbons (Fsp3) is 1.00. The maximum atomic E-state index is 5.39. The second-order valence-corrected chi connectivity index (χ2v) is 2.22. The smallest absolute Gasteiger partial charge is 0.0589 e. The van der Waals surface area contributed by atoms with Crippen LogP contribution in [0.25, 0.3) is 0 Å². The van der Waals surface area contributed by atoms with Gasteiger partial charge in [-0.2, -0.15) is 0 Å². The van der Waals surface area contributed by atoms with Crippen LogP contribution in [0.4, 0.5) is 0 Å². The topological polar surface area (TPSA) is 38.5 Å².